The Kier molecular flexibility index (Phi) is 6.07. The molecule has 1 N–H and O–H groups in total. The van der Waals surface area contributed by atoms with E-state index in [1.54, 1.807) is 4.90 Å². The Balaban J connectivity index is 1.74. The van der Waals surface area contributed by atoms with Crippen molar-refractivity contribution in [1.29, 1.82) is 0 Å². The molecule has 1 aromatic rings. The average Bonchev–Trinajstić information content (AvgIpc) is 2.48. The van der Waals surface area contributed by atoms with Crippen molar-refractivity contribution in [3.05, 3.63) is 29.8 Å². The molecule has 5 heteroatoms. The molecule has 1 heterocycles. The maximum Gasteiger partial charge on any atom is 0.320 e. The van der Waals surface area contributed by atoms with Crippen LogP contribution in [0.5, 0.6) is 5.75 Å². The first kappa shape index (κ1) is 16.6. The van der Waals surface area contributed by atoms with Crippen LogP contribution >= 0.6 is 0 Å². The van der Waals surface area contributed by atoms with E-state index in [2.05, 4.69) is 24.4 Å². The highest BCUT2D eigenvalue weighted by molar-refractivity contribution is 5.74. The zero-order valence-electron chi connectivity index (χ0n) is 13.7. The summed E-state index contributed by atoms with van der Waals surface area (Å²) in [7, 11) is 0. The van der Waals surface area contributed by atoms with Gasteiger partial charge in [0.25, 0.3) is 0 Å². The molecule has 2 atom stereocenters. The molecule has 22 heavy (non-hydrogen) atoms. The summed E-state index contributed by atoms with van der Waals surface area (Å²) >= 11 is 0. The van der Waals surface area contributed by atoms with Gasteiger partial charge in [0, 0.05) is 13.1 Å². The Morgan fingerprint density at radius 2 is 1.91 bits per heavy atom. The third-order valence-corrected chi connectivity index (χ3v) is 3.63. The van der Waals surface area contributed by atoms with Gasteiger partial charge in [-0.3, -0.25) is 0 Å². The molecule has 1 saturated heterocycles. The minimum absolute atomic E-state index is 0.0709. The zero-order chi connectivity index (χ0) is 15.9. The largest absolute Gasteiger partial charge is 0.473 e. The van der Waals surface area contributed by atoms with Gasteiger partial charge in [0.1, 0.15) is 5.75 Å². The first-order valence-corrected chi connectivity index (χ1v) is 7.98. The van der Waals surface area contributed by atoms with Crippen LogP contribution in [0.3, 0.4) is 0 Å². The number of urea groups is 1. The van der Waals surface area contributed by atoms with Gasteiger partial charge in [0.05, 0.1) is 12.2 Å². The summed E-state index contributed by atoms with van der Waals surface area (Å²) in [5.41, 5.74) is 1.30. The van der Waals surface area contributed by atoms with Crippen molar-refractivity contribution >= 4 is 6.03 Å². The fourth-order valence-electron chi connectivity index (χ4n) is 2.68. The minimum atomic E-state index is -0.107. The Hall–Kier alpha value is -1.75. The van der Waals surface area contributed by atoms with E-state index in [1.807, 2.05) is 26.0 Å². The second-order valence-electron chi connectivity index (χ2n) is 5.83. The third kappa shape index (κ3) is 4.91. The van der Waals surface area contributed by atoms with Gasteiger partial charge in [0.2, 0.25) is 0 Å². The van der Waals surface area contributed by atoms with Crippen LogP contribution < -0.4 is 10.1 Å². The fraction of sp³-hybridized carbons (Fsp3) is 0.588. The molecular formula is C17H26N2O3. The zero-order valence-corrected chi connectivity index (χ0v) is 13.7. The van der Waals surface area contributed by atoms with Gasteiger partial charge >= 0.3 is 6.03 Å². The van der Waals surface area contributed by atoms with Gasteiger partial charge < -0.3 is 19.7 Å². The van der Waals surface area contributed by atoms with Gasteiger partial charge in [-0.2, -0.15) is 0 Å². The highest BCUT2D eigenvalue weighted by Gasteiger charge is 2.25. The maximum atomic E-state index is 12.1. The van der Waals surface area contributed by atoms with E-state index >= 15 is 0 Å². The van der Waals surface area contributed by atoms with Crippen molar-refractivity contribution in [2.75, 3.05) is 19.8 Å². The van der Waals surface area contributed by atoms with Gasteiger partial charge in [-0.15, -0.1) is 0 Å². The molecule has 0 bridgehead atoms. The van der Waals surface area contributed by atoms with Crippen molar-refractivity contribution in [3.63, 3.8) is 0 Å². The summed E-state index contributed by atoms with van der Waals surface area (Å²) < 4.78 is 11.2. The lowest BCUT2D eigenvalue weighted by Crippen LogP contribution is -2.52. The number of amides is 2. The van der Waals surface area contributed by atoms with Crippen LogP contribution in [0.25, 0.3) is 0 Å². The highest BCUT2D eigenvalue weighted by Crippen LogP contribution is 2.13. The molecule has 122 valence electrons. The molecule has 1 fully saturated rings. The molecule has 5 nitrogen and oxygen atoms in total. The monoisotopic (exact) mass is 306 g/mol. The summed E-state index contributed by atoms with van der Waals surface area (Å²) in [6.07, 6.45) is 2.35. The predicted molar refractivity (Wildman–Crippen MR) is 86.0 cm³/mol. The van der Waals surface area contributed by atoms with E-state index < -0.39 is 0 Å². The molecule has 0 spiro atoms. The predicted octanol–water partition coefficient (Wildman–Crippen LogP) is 2.79. The van der Waals surface area contributed by atoms with Crippen molar-refractivity contribution in [2.24, 2.45) is 0 Å². The Morgan fingerprint density at radius 1 is 1.27 bits per heavy atom. The van der Waals surface area contributed by atoms with Crippen molar-refractivity contribution in [3.8, 4) is 5.75 Å². The van der Waals surface area contributed by atoms with Crippen LogP contribution in [0.4, 0.5) is 4.79 Å². The summed E-state index contributed by atoms with van der Waals surface area (Å²) in [6, 6.07) is 7.90. The summed E-state index contributed by atoms with van der Waals surface area (Å²) in [5.74, 6) is 0.767. The van der Waals surface area contributed by atoms with Crippen molar-refractivity contribution < 1.29 is 14.3 Å². The quantitative estimate of drug-likeness (QED) is 0.851. The first-order chi connectivity index (χ1) is 10.6. The smallest absolute Gasteiger partial charge is 0.320 e. The van der Waals surface area contributed by atoms with E-state index in [1.165, 1.54) is 5.56 Å². The topological polar surface area (TPSA) is 50.8 Å². The Labute approximate surface area is 132 Å². The standard InChI is InChI=1S/C17H26N2O3/c1-4-5-15-6-8-16(9-7-15)21-12-18-17(20)19-10-13(2)22-14(3)11-19/h6-9,13-14H,4-5,10-12H2,1-3H3,(H,18,20). The molecule has 0 saturated carbocycles. The number of nitrogens with zero attached hydrogens (tertiary/aromatic N) is 1. The van der Waals surface area contributed by atoms with Crippen LogP contribution in [-0.4, -0.2) is 43.0 Å². The maximum absolute atomic E-state index is 12.1. The molecule has 2 unspecified atom stereocenters. The Bertz CT molecular complexity index is 465. The molecule has 2 amide bonds. The SMILES string of the molecule is CCCc1ccc(OCNC(=O)N2CC(C)OC(C)C2)cc1. The van der Waals surface area contributed by atoms with E-state index in [9.17, 15) is 4.79 Å². The number of aryl methyl sites for hydroxylation is 1. The minimum Gasteiger partial charge on any atom is -0.473 e. The van der Waals surface area contributed by atoms with Gasteiger partial charge in [-0.05, 0) is 38.0 Å². The number of ether oxygens (including phenoxy) is 2. The van der Waals surface area contributed by atoms with Gasteiger partial charge in [0.15, 0.2) is 6.73 Å². The Morgan fingerprint density at radius 3 is 2.50 bits per heavy atom. The molecule has 0 radical (unpaired) electrons. The second-order valence-corrected chi connectivity index (χ2v) is 5.83. The molecule has 0 aromatic heterocycles. The van der Waals surface area contributed by atoms with Crippen LogP contribution in [0.1, 0.15) is 32.8 Å². The van der Waals surface area contributed by atoms with Crippen LogP contribution in [0, 0.1) is 0 Å². The molecule has 1 aliphatic heterocycles. The second kappa shape index (κ2) is 8.03. The lowest BCUT2D eigenvalue weighted by Gasteiger charge is -2.35. The average molecular weight is 306 g/mol. The van der Waals surface area contributed by atoms with Gasteiger partial charge in [-0.25, -0.2) is 4.79 Å². The number of benzene rings is 1. The van der Waals surface area contributed by atoms with Crippen LogP contribution in [-0.2, 0) is 11.2 Å². The third-order valence-electron chi connectivity index (χ3n) is 3.63. The molecular weight excluding hydrogens is 280 g/mol. The lowest BCUT2D eigenvalue weighted by atomic mass is 10.1. The van der Waals surface area contributed by atoms with E-state index in [4.69, 9.17) is 9.47 Å². The van der Waals surface area contributed by atoms with Crippen molar-refractivity contribution in [1.82, 2.24) is 10.2 Å². The number of hydrogen-bond acceptors (Lipinski definition) is 3. The summed E-state index contributed by atoms with van der Waals surface area (Å²) in [6.45, 7) is 7.51. The molecule has 1 aliphatic rings. The summed E-state index contributed by atoms with van der Waals surface area (Å²) in [5, 5.41) is 2.79. The van der Waals surface area contributed by atoms with Gasteiger partial charge in [-0.1, -0.05) is 25.5 Å². The molecule has 2 rings (SSSR count). The van der Waals surface area contributed by atoms with Crippen LogP contribution in [0.15, 0.2) is 24.3 Å². The number of carbonyl (C=O) groups excluding carboxylic acids is 1. The lowest BCUT2D eigenvalue weighted by molar-refractivity contribution is -0.0548. The normalized spacial score (nSPS) is 21.5. The van der Waals surface area contributed by atoms with E-state index in [0.717, 1.165) is 18.6 Å². The fourth-order valence-corrected chi connectivity index (χ4v) is 2.68. The van der Waals surface area contributed by atoms with E-state index in [-0.39, 0.29) is 25.0 Å². The number of nitrogens with one attached hydrogen (secondary N) is 1. The number of rotatable bonds is 5. The van der Waals surface area contributed by atoms with E-state index in [0.29, 0.717) is 13.1 Å². The number of morpholine rings is 1. The highest BCUT2D eigenvalue weighted by atomic mass is 16.5. The van der Waals surface area contributed by atoms with Crippen LogP contribution in [0.2, 0.25) is 0 Å². The number of carbonyl (C=O) groups is 1. The summed E-state index contributed by atoms with van der Waals surface area (Å²) in [4.78, 5) is 13.9. The number of hydrogen-bond donors (Lipinski definition) is 1. The molecule has 0 aliphatic carbocycles. The molecule has 1 aromatic carbocycles. The first-order valence-electron chi connectivity index (χ1n) is 7.98. The van der Waals surface area contributed by atoms with Crippen molar-refractivity contribution in [2.45, 2.75) is 45.8 Å².